The van der Waals surface area contributed by atoms with Crippen molar-refractivity contribution >= 4 is 22.8 Å². The number of piperazine rings is 1. The maximum absolute atomic E-state index is 12.9. The SMILES string of the molecule is COc1ccc(C(=O)N2CCN(c3nc(C(C)C)nc4c(C)nn(C)c34)CC2)cc1. The van der Waals surface area contributed by atoms with Gasteiger partial charge in [-0.25, -0.2) is 9.97 Å². The Labute approximate surface area is 176 Å². The fourth-order valence-electron chi connectivity index (χ4n) is 3.85. The molecule has 0 spiro atoms. The van der Waals surface area contributed by atoms with Gasteiger partial charge in [-0.3, -0.25) is 9.48 Å². The van der Waals surface area contributed by atoms with E-state index in [0.717, 1.165) is 47.2 Å². The molecule has 30 heavy (non-hydrogen) atoms. The van der Waals surface area contributed by atoms with Gasteiger partial charge in [0.25, 0.3) is 5.91 Å². The maximum atomic E-state index is 12.9. The molecule has 158 valence electrons. The van der Waals surface area contributed by atoms with Crippen LogP contribution in [0.25, 0.3) is 11.0 Å². The minimum absolute atomic E-state index is 0.0457. The van der Waals surface area contributed by atoms with Gasteiger partial charge in [0.05, 0.1) is 12.8 Å². The van der Waals surface area contributed by atoms with Crippen molar-refractivity contribution < 1.29 is 9.53 Å². The lowest BCUT2D eigenvalue weighted by Gasteiger charge is -2.36. The Kier molecular flexibility index (Phi) is 5.32. The van der Waals surface area contributed by atoms with Gasteiger partial charge in [-0.15, -0.1) is 0 Å². The maximum Gasteiger partial charge on any atom is 0.253 e. The second-order valence-electron chi connectivity index (χ2n) is 7.97. The van der Waals surface area contributed by atoms with E-state index in [1.165, 1.54) is 0 Å². The Morgan fingerprint density at radius 3 is 2.33 bits per heavy atom. The molecule has 2 aromatic heterocycles. The molecule has 1 saturated heterocycles. The van der Waals surface area contributed by atoms with Crippen LogP contribution in [0.3, 0.4) is 0 Å². The third-order valence-corrected chi connectivity index (χ3v) is 5.57. The fraction of sp³-hybridized carbons (Fsp3) is 0.455. The quantitative estimate of drug-likeness (QED) is 0.661. The van der Waals surface area contributed by atoms with Gasteiger partial charge in [-0.2, -0.15) is 5.10 Å². The van der Waals surface area contributed by atoms with Crippen LogP contribution in [-0.4, -0.2) is 63.8 Å². The molecule has 1 amide bonds. The lowest BCUT2D eigenvalue weighted by atomic mass is 10.1. The molecule has 3 aromatic rings. The molecule has 4 rings (SSSR count). The van der Waals surface area contributed by atoms with Gasteiger partial charge in [0.2, 0.25) is 0 Å². The summed E-state index contributed by atoms with van der Waals surface area (Å²) in [4.78, 5) is 26.7. The van der Waals surface area contributed by atoms with E-state index in [-0.39, 0.29) is 11.8 Å². The van der Waals surface area contributed by atoms with Crippen LogP contribution in [0.15, 0.2) is 24.3 Å². The number of ether oxygens (including phenoxy) is 1. The number of fused-ring (bicyclic) bond motifs is 1. The molecule has 8 heteroatoms. The van der Waals surface area contributed by atoms with E-state index in [1.54, 1.807) is 7.11 Å². The zero-order valence-corrected chi connectivity index (χ0v) is 18.2. The Balaban J connectivity index is 1.56. The van der Waals surface area contributed by atoms with E-state index >= 15 is 0 Å². The number of hydrogen-bond acceptors (Lipinski definition) is 6. The highest BCUT2D eigenvalue weighted by Gasteiger charge is 2.26. The summed E-state index contributed by atoms with van der Waals surface area (Å²) in [6, 6.07) is 7.27. The predicted octanol–water partition coefficient (Wildman–Crippen LogP) is 2.77. The third-order valence-electron chi connectivity index (χ3n) is 5.57. The van der Waals surface area contributed by atoms with Crippen LogP contribution >= 0.6 is 0 Å². The molecule has 0 aliphatic carbocycles. The van der Waals surface area contributed by atoms with Crippen LogP contribution in [-0.2, 0) is 7.05 Å². The van der Waals surface area contributed by atoms with E-state index in [9.17, 15) is 4.79 Å². The summed E-state index contributed by atoms with van der Waals surface area (Å²) >= 11 is 0. The molecule has 0 saturated carbocycles. The zero-order chi connectivity index (χ0) is 21.4. The highest BCUT2D eigenvalue weighted by molar-refractivity contribution is 5.94. The number of carbonyl (C=O) groups is 1. The van der Waals surface area contributed by atoms with Gasteiger partial charge in [-0.05, 0) is 31.2 Å². The lowest BCUT2D eigenvalue weighted by molar-refractivity contribution is 0.0746. The van der Waals surface area contributed by atoms with Gasteiger partial charge < -0.3 is 14.5 Å². The number of hydrogen-bond donors (Lipinski definition) is 0. The first-order valence-electron chi connectivity index (χ1n) is 10.3. The normalized spacial score (nSPS) is 14.6. The summed E-state index contributed by atoms with van der Waals surface area (Å²) in [5.74, 6) is 2.75. The molecule has 0 radical (unpaired) electrons. The third kappa shape index (κ3) is 3.58. The zero-order valence-electron chi connectivity index (χ0n) is 18.2. The van der Waals surface area contributed by atoms with Gasteiger partial charge in [0.1, 0.15) is 22.6 Å². The molecule has 1 aliphatic heterocycles. The fourth-order valence-corrected chi connectivity index (χ4v) is 3.85. The summed E-state index contributed by atoms with van der Waals surface area (Å²) in [5, 5.41) is 4.56. The largest absolute Gasteiger partial charge is 0.497 e. The molecular weight excluding hydrogens is 380 g/mol. The van der Waals surface area contributed by atoms with Gasteiger partial charge in [0, 0.05) is 44.7 Å². The molecule has 1 fully saturated rings. The average Bonchev–Trinajstić information content (AvgIpc) is 3.06. The van der Waals surface area contributed by atoms with Crippen molar-refractivity contribution in [3.63, 3.8) is 0 Å². The van der Waals surface area contributed by atoms with E-state index in [4.69, 9.17) is 14.7 Å². The van der Waals surface area contributed by atoms with Crippen LogP contribution in [0.1, 0.15) is 41.6 Å². The second kappa shape index (κ2) is 7.93. The number of rotatable bonds is 4. The van der Waals surface area contributed by atoms with E-state index in [2.05, 4.69) is 23.8 Å². The predicted molar refractivity (Wildman–Crippen MR) is 116 cm³/mol. The number of benzene rings is 1. The van der Waals surface area contributed by atoms with E-state index in [0.29, 0.717) is 18.7 Å². The summed E-state index contributed by atoms with van der Waals surface area (Å²) < 4.78 is 7.04. The standard InChI is InChI=1S/C22H28N6O2/c1-14(2)20-23-18-15(3)25-26(4)19(18)21(24-20)27-10-12-28(13-11-27)22(29)16-6-8-17(30-5)9-7-16/h6-9,14H,10-13H2,1-5H3. The molecule has 1 aromatic carbocycles. The molecule has 8 nitrogen and oxygen atoms in total. The average molecular weight is 409 g/mol. The number of aromatic nitrogens is 4. The highest BCUT2D eigenvalue weighted by Crippen LogP contribution is 2.28. The van der Waals surface area contributed by atoms with Crippen molar-refractivity contribution in [2.24, 2.45) is 7.05 Å². The Bertz CT molecular complexity index is 1070. The minimum atomic E-state index is 0.0457. The molecule has 0 bridgehead atoms. The van der Waals surface area contributed by atoms with Crippen LogP contribution in [0.4, 0.5) is 5.82 Å². The van der Waals surface area contributed by atoms with Crippen LogP contribution in [0.5, 0.6) is 5.75 Å². The number of nitrogens with zero attached hydrogens (tertiary/aromatic N) is 6. The van der Waals surface area contributed by atoms with Crippen molar-refractivity contribution in [2.45, 2.75) is 26.7 Å². The number of carbonyl (C=O) groups excluding carboxylic acids is 1. The summed E-state index contributed by atoms with van der Waals surface area (Å²) in [6.45, 7) is 8.90. The Morgan fingerprint density at radius 2 is 1.73 bits per heavy atom. The van der Waals surface area contributed by atoms with E-state index < -0.39 is 0 Å². The topological polar surface area (TPSA) is 76.4 Å². The van der Waals surface area contributed by atoms with Crippen molar-refractivity contribution in [2.75, 3.05) is 38.2 Å². The molecule has 0 atom stereocenters. The second-order valence-corrected chi connectivity index (χ2v) is 7.97. The monoisotopic (exact) mass is 408 g/mol. The molecular formula is C22H28N6O2. The van der Waals surface area contributed by atoms with Gasteiger partial charge in [-0.1, -0.05) is 13.8 Å². The van der Waals surface area contributed by atoms with Crippen molar-refractivity contribution in [1.82, 2.24) is 24.6 Å². The Hall–Kier alpha value is -3.16. The number of amides is 1. The number of methoxy groups -OCH3 is 1. The minimum Gasteiger partial charge on any atom is -0.497 e. The van der Waals surface area contributed by atoms with Gasteiger partial charge in [0.15, 0.2) is 5.82 Å². The summed E-state index contributed by atoms with van der Waals surface area (Å²) in [5.41, 5.74) is 3.44. The van der Waals surface area contributed by atoms with Crippen LogP contribution in [0, 0.1) is 6.92 Å². The molecule has 0 N–H and O–H groups in total. The molecule has 3 heterocycles. The smallest absolute Gasteiger partial charge is 0.253 e. The summed E-state index contributed by atoms with van der Waals surface area (Å²) in [7, 11) is 3.55. The van der Waals surface area contributed by atoms with Crippen molar-refractivity contribution in [3.05, 3.63) is 41.3 Å². The van der Waals surface area contributed by atoms with Crippen LogP contribution < -0.4 is 9.64 Å². The first-order chi connectivity index (χ1) is 14.4. The van der Waals surface area contributed by atoms with Crippen molar-refractivity contribution in [3.8, 4) is 5.75 Å². The Morgan fingerprint density at radius 1 is 1.07 bits per heavy atom. The van der Waals surface area contributed by atoms with E-state index in [1.807, 2.05) is 47.8 Å². The highest BCUT2D eigenvalue weighted by atomic mass is 16.5. The molecule has 0 unspecified atom stereocenters. The number of anilines is 1. The van der Waals surface area contributed by atoms with Gasteiger partial charge >= 0.3 is 0 Å². The first-order valence-corrected chi connectivity index (χ1v) is 10.3. The first kappa shape index (κ1) is 20.1. The van der Waals surface area contributed by atoms with Crippen LogP contribution in [0.2, 0.25) is 0 Å². The lowest BCUT2D eigenvalue weighted by Crippen LogP contribution is -2.49. The van der Waals surface area contributed by atoms with Crippen molar-refractivity contribution in [1.29, 1.82) is 0 Å². The molecule has 1 aliphatic rings. The number of aryl methyl sites for hydroxylation is 2. The summed E-state index contributed by atoms with van der Waals surface area (Å²) in [6.07, 6.45) is 0.